The zero-order valence-corrected chi connectivity index (χ0v) is 20.3. The van der Waals surface area contributed by atoms with Gasteiger partial charge in [0.05, 0.1) is 12.6 Å². The van der Waals surface area contributed by atoms with E-state index in [1.807, 2.05) is 51.9 Å². The Bertz CT molecular complexity index is 896. The van der Waals surface area contributed by atoms with Gasteiger partial charge < -0.3 is 20.0 Å². The van der Waals surface area contributed by atoms with Gasteiger partial charge in [0.1, 0.15) is 12.1 Å². The maximum absolute atomic E-state index is 13.5. The van der Waals surface area contributed by atoms with Gasteiger partial charge in [0.15, 0.2) is 5.78 Å². The lowest BCUT2D eigenvalue weighted by molar-refractivity contribution is -0.138. The molecule has 0 aromatic heterocycles. The van der Waals surface area contributed by atoms with E-state index in [0.29, 0.717) is 31.4 Å². The highest BCUT2D eigenvalue weighted by Gasteiger charge is 2.51. The Morgan fingerprint density at radius 3 is 2.36 bits per heavy atom. The van der Waals surface area contributed by atoms with Crippen molar-refractivity contribution in [3.63, 3.8) is 0 Å². The fourth-order valence-corrected chi connectivity index (χ4v) is 4.79. The summed E-state index contributed by atoms with van der Waals surface area (Å²) in [5.74, 6) is -0.499. The van der Waals surface area contributed by atoms with Crippen molar-refractivity contribution in [3.05, 3.63) is 29.8 Å². The number of nitrogens with zero attached hydrogens (tertiary/aromatic N) is 3. The van der Waals surface area contributed by atoms with Crippen LogP contribution in [0.2, 0.25) is 0 Å². The van der Waals surface area contributed by atoms with E-state index in [4.69, 9.17) is 0 Å². The molecule has 1 aromatic carbocycles. The molecule has 8 heteroatoms. The van der Waals surface area contributed by atoms with Crippen molar-refractivity contribution in [2.45, 2.75) is 64.6 Å². The number of nitrogens with one attached hydrogen (secondary N) is 1. The lowest BCUT2D eigenvalue weighted by Crippen LogP contribution is -2.53. The van der Waals surface area contributed by atoms with E-state index in [9.17, 15) is 19.2 Å². The van der Waals surface area contributed by atoms with Crippen LogP contribution in [0, 0.1) is 5.92 Å². The lowest BCUT2D eigenvalue weighted by atomic mass is 10.0. The monoisotopic (exact) mass is 456 g/mol. The van der Waals surface area contributed by atoms with Gasteiger partial charge in [-0.1, -0.05) is 20.8 Å². The lowest BCUT2D eigenvalue weighted by Gasteiger charge is -2.29. The Kier molecular flexibility index (Phi) is 7.76. The number of ketones is 1. The van der Waals surface area contributed by atoms with Crippen LogP contribution in [-0.4, -0.2) is 78.6 Å². The number of fused-ring (bicyclic) bond motifs is 1. The Morgan fingerprint density at radius 1 is 1.12 bits per heavy atom. The third kappa shape index (κ3) is 5.37. The van der Waals surface area contributed by atoms with Gasteiger partial charge in [-0.15, -0.1) is 0 Å². The van der Waals surface area contributed by atoms with E-state index in [2.05, 4.69) is 5.32 Å². The molecule has 2 heterocycles. The van der Waals surface area contributed by atoms with Crippen molar-refractivity contribution < 1.29 is 19.2 Å². The average Bonchev–Trinajstić information content (AvgIpc) is 3.34. The van der Waals surface area contributed by atoms with Crippen molar-refractivity contribution in [3.8, 4) is 0 Å². The van der Waals surface area contributed by atoms with Crippen molar-refractivity contribution >= 4 is 29.2 Å². The van der Waals surface area contributed by atoms with E-state index >= 15 is 0 Å². The number of benzene rings is 1. The Labute approximate surface area is 196 Å². The van der Waals surface area contributed by atoms with Crippen molar-refractivity contribution in [2.75, 3.05) is 32.1 Å². The molecule has 0 radical (unpaired) electrons. The molecule has 0 spiro atoms. The van der Waals surface area contributed by atoms with Crippen LogP contribution in [0.15, 0.2) is 24.3 Å². The number of Topliss-reactive ketones (excluding diaryl/α,β-unsaturated/α-hetero) is 1. The third-order valence-corrected chi connectivity index (χ3v) is 6.45. The molecule has 1 aromatic rings. The summed E-state index contributed by atoms with van der Waals surface area (Å²) in [5, 5.41) is 2.90. The van der Waals surface area contributed by atoms with Crippen LogP contribution >= 0.6 is 0 Å². The van der Waals surface area contributed by atoms with Gasteiger partial charge in [0.2, 0.25) is 11.8 Å². The number of hydrogen-bond donors (Lipinski definition) is 1. The minimum Gasteiger partial charge on any atom is -0.378 e. The molecule has 3 atom stereocenters. The van der Waals surface area contributed by atoms with Crippen molar-refractivity contribution in [2.24, 2.45) is 5.92 Å². The van der Waals surface area contributed by atoms with E-state index in [1.165, 1.54) is 0 Å². The third-order valence-electron chi connectivity index (χ3n) is 6.45. The van der Waals surface area contributed by atoms with Crippen LogP contribution in [-0.2, 0) is 14.4 Å². The first kappa shape index (κ1) is 24.7. The van der Waals surface area contributed by atoms with Crippen molar-refractivity contribution in [1.29, 1.82) is 0 Å². The number of carbonyl (C=O) groups is 4. The quantitative estimate of drug-likeness (QED) is 0.647. The smallest absolute Gasteiger partial charge is 0.251 e. The van der Waals surface area contributed by atoms with Gasteiger partial charge in [-0.2, -0.15) is 0 Å². The summed E-state index contributed by atoms with van der Waals surface area (Å²) in [5.41, 5.74) is 1.46. The Morgan fingerprint density at radius 2 is 1.79 bits per heavy atom. The highest BCUT2D eigenvalue weighted by atomic mass is 16.2. The number of anilines is 1. The van der Waals surface area contributed by atoms with Gasteiger partial charge in [-0.05, 0) is 49.4 Å². The Balaban J connectivity index is 1.75. The van der Waals surface area contributed by atoms with E-state index in [1.54, 1.807) is 21.9 Å². The largest absolute Gasteiger partial charge is 0.378 e. The molecule has 2 unspecified atom stereocenters. The molecular formula is C25H36N4O4. The molecule has 0 aliphatic carbocycles. The normalized spacial score (nSPS) is 20.7. The molecule has 3 rings (SSSR count). The summed E-state index contributed by atoms with van der Waals surface area (Å²) < 4.78 is 0. The van der Waals surface area contributed by atoms with Crippen LogP contribution in [0.1, 0.15) is 56.8 Å². The summed E-state index contributed by atoms with van der Waals surface area (Å²) in [6.45, 7) is 6.41. The second-order valence-electron chi connectivity index (χ2n) is 9.67. The van der Waals surface area contributed by atoms with E-state index in [-0.39, 0.29) is 42.0 Å². The number of likely N-dealkylation sites (tertiary alicyclic amines) is 2. The molecule has 2 fully saturated rings. The molecule has 8 nitrogen and oxygen atoms in total. The minimum absolute atomic E-state index is 0.0270. The molecule has 180 valence electrons. The zero-order chi connectivity index (χ0) is 24.3. The van der Waals surface area contributed by atoms with Gasteiger partial charge in [0, 0.05) is 38.3 Å². The van der Waals surface area contributed by atoms with Crippen LogP contribution in [0.3, 0.4) is 0 Å². The maximum atomic E-state index is 13.5. The number of rotatable bonds is 8. The van der Waals surface area contributed by atoms with E-state index < -0.39 is 12.1 Å². The highest BCUT2D eigenvalue weighted by molar-refractivity contribution is 6.00. The molecule has 3 amide bonds. The summed E-state index contributed by atoms with van der Waals surface area (Å²) in [7, 11) is 3.86. The maximum Gasteiger partial charge on any atom is 0.251 e. The first-order valence-electron chi connectivity index (χ1n) is 11.8. The van der Waals surface area contributed by atoms with Gasteiger partial charge in [0.25, 0.3) is 5.91 Å². The standard InChI is InChI=1S/C25H36N4O4/c1-6-7-22(31)29-15-21(30)23-20(29)12-13-28(23)25(33)19(14-16(2)3)26-24(32)17-8-10-18(11-9-17)27(4)5/h8-11,16,19-20,23H,6-7,12-15H2,1-5H3,(H,26,32)/t19-,20?,23?/m0/s1. The predicted molar refractivity (Wildman–Crippen MR) is 127 cm³/mol. The number of hydrogen-bond acceptors (Lipinski definition) is 5. The Hall–Kier alpha value is -2.90. The van der Waals surface area contributed by atoms with Crippen molar-refractivity contribution in [1.82, 2.24) is 15.1 Å². The second kappa shape index (κ2) is 10.4. The molecule has 2 aliphatic rings. The highest BCUT2D eigenvalue weighted by Crippen LogP contribution is 2.31. The summed E-state index contributed by atoms with van der Waals surface area (Å²) in [4.78, 5) is 56.9. The zero-order valence-electron chi connectivity index (χ0n) is 20.3. The molecule has 1 N–H and O–H groups in total. The fraction of sp³-hybridized carbons (Fsp3) is 0.600. The summed E-state index contributed by atoms with van der Waals surface area (Å²) in [6.07, 6.45) is 2.19. The van der Waals surface area contributed by atoms with Crippen LogP contribution < -0.4 is 10.2 Å². The minimum atomic E-state index is -0.724. The van der Waals surface area contributed by atoms with E-state index in [0.717, 1.165) is 12.1 Å². The first-order chi connectivity index (χ1) is 15.6. The molecular weight excluding hydrogens is 420 g/mol. The fourth-order valence-electron chi connectivity index (χ4n) is 4.79. The number of carbonyl (C=O) groups excluding carboxylic acids is 4. The first-order valence-corrected chi connectivity index (χ1v) is 11.8. The molecule has 2 aliphatic heterocycles. The molecule has 0 saturated carbocycles. The number of amides is 3. The summed E-state index contributed by atoms with van der Waals surface area (Å²) in [6, 6.07) is 5.62. The SMILES string of the molecule is CCCC(=O)N1CC(=O)C2C1CCN2C(=O)[C@H](CC(C)C)NC(=O)c1ccc(N(C)C)cc1. The second-order valence-corrected chi connectivity index (χ2v) is 9.67. The van der Waals surface area contributed by atoms with Crippen LogP contribution in [0.4, 0.5) is 5.69 Å². The molecule has 0 bridgehead atoms. The van der Waals surface area contributed by atoms with Gasteiger partial charge in [-0.3, -0.25) is 19.2 Å². The molecule has 33 heavy (non-hydrogen) atoms. The molecule has 2 saturated heterocycles. The summed E-state index contributed by atoms with van der Waals surface area (Å²) >= 11 is 0. The van der Waals surface area contributed by atoms with Gasteiger partial charge in [-0.25, -0.2) is 0 Å². The topological polar surface area (TPSA) is 90.0 Å². The predicted octanol–water partition coefficient (Wildman–Crippen LogP) is 2.08. The van der Waals surface area contributed by atoms with Crippen LogP contribution in [0.25, 0.3) is 0 Å². The average molecular weight is 457 g/mol. The van der Waals surface area contributed by atoms with Crippen LogP contribution in [0.5, 0.6) is 0 Å². The van der Waals surface area contributed by atoms with Gasteiger partial charge >= 0.3 is 0 Å².